The largest absolute Gasteiger partial charge is 0.325 e. The Kier molecular flexibility index (Phi) is 7.20. The van der Waals surface area contributed by atoms with E-state index >= 15 is 0 Å². The molecule has 1 aliphatic rings. The number of halogens is 3. The van der Waals surface area contributed by atoms with Crippen molar-refractivity contribution in [3.63, 3.8) is 0 Å². The van der Waals surface area contributed by atoms with Gasteiger partial charge in [0.1, 0.15) is 10.8 Å². The van der Waals surface area contributed by atoms with Gasteiger partial charge >= 0.3 is 0 Å². The van der Waals surface area contributed by atoms with Crippen LogP contribution in [0.1, 0.15) is 5.01 Å². The standard InChI is InChI=1S/C22H21Cl2FN4OS/c23-18-6-5-17(11-19(18)24)26-21(30)12-28-7-9-29(10-8-28)13-22-27-20(14-31-22)15-1-3-16(25)4-2-15/h1-6,11,14H,7-10,12-13H2,(H,26,30). The van der Waals surface area contributed by atoms with Gasteiger partial charge < -0.3 is 5.32 Å². The fourth-order valence-electron chi connectivity index (χ4n) is 3.41. The number of piperazine rings is 1. The minimum atomic E-state index is -0.247. The van der Waals surface area contributed by atoms with E-state index in [-0.39, 0.29) is 11.7 Å². The number of thiazole rings is 1. The number of rotatable bonds is 6. The monoisotopic (exact) mass is 478 g/mol. The number of hydrogen-bond donors (Lipinski definition) is 1. The molecule has 1 saturated heterocycles. The lowest BCUT2D eigenvalue weighted by atomic mass is 10.2. The Morgan fingerprint density at radius 2 is 1.74 bits per heavy atom. The number of benzene rings is 2. The predicted octanol–water partition coefficient (Wildman–Crippen LogP) is 5.01. The quantitative estimate of drug-likeness (QED) is 0.540. The first-order chi connectivity index (χ1) is 15.0. The second kappa shape index (κ2) is 10.1. The van der Waals surface area contributed by atoms with Gasteiger partial charge in [-0.15, -0.1) is 11.3 Å². The first kappa shape index (κ1) is 22.2. The van der Waals surface area contributed by atoms with E-state index in [1.165, 1.54) is 12.1 Å². The van der Waals surface area contributed by atoms with Crippen molar-refractivity contribution >= 4 is 46.1 Å². The molecule has 4 rings (SSSR count). The number of hydrogen-bond acceptors (Lipinski definition) is 5. The fourth-order valence-corrected chi connectivity index (χ4v) is 4.55. The maximum absolute atomic E-state index is 13.1. The Labute approximate surface area is 194 Å². The minimum absolute atomic E-state index is 0.0734. The van der Waals surface area contributed by atoms with Gasteiger partial charge in [-0.2, -0.15) is 0 Å². The summed E-state index contributed by atoms with van der Waals surface area (Å²) < 4.78 is 13.1. The maximum Gasteiger partial charge on any atom is 0.238 e. The highest BCUT2D eigenvalue weighted by molar-refractivity contribution is 7.09. The van der Waals surface area contributed by atoms with Gasteiger partial charge in [-0.3, -0.25) is 14.6 Å². The van der Waals surface area contributed by atoms with E-state index in [1.54, 1.807) is 41.7 Å². The molecule has 1 fully saturated rings. The van der Waals surface area contributed by atoms with Gasteiger partial charge in [-0.25, -0.2) is 9.37 Å². The van der Waals surface area contributed by atoms with Gasteiger partial charge in [0.15, 0.2) is 0 Å². The molecule has 0 saturated carbocycles. The summed E-state index contributed by atoms with van der Waals surface area (Å²) in [5, 5.41) is 6.77. The summed E-state index contributed by atoms with van der Waals surface area (Å²) in [6, 6.07) is 11.4. The van der Waals surface area contributed by atoms with Gasteiger partial charge in [0.25, 0.3) is 0 Å². The summed E-state index contributed by atoms with van der Waals surface area (Å²) in [6.07, 6.45) is 0. The average molecular weight is 479 g/mol. The van der Waals surface area contributed by atoms with Crippen LogP contribution in [0.3, 0.4) is 0 Å². The lowest BCUT2D eigenvalue weighted by Gasteiger charge is -2.33. The maximum atomic E-state index is 13.1. The average Bonchev–Trinajstić information content (AvgIpc) is 3.21. The summed E-state index contributed by atoms with van der Waals surface area (Å²) in [6.45, 7) is 4.46. The fraction of sp³-hybridized carbons (Fsp3) is 0.273. The predicted molar refractivity (Wildman–Crippen MR) is 124 cm³/mol. The molecular weight excluding hydrogens is 458 g/mol. The summed E-state index contributed by atoms with van der Waals surface area (Å²) in [4.78, 5) is 21.5. The summed E-state index contributed by atoms with van der Waals surface area (Å²) in [5.74, 6) is -0.321. The Hall–Kier alpha value is -2.03. The molecule has 31 heavy (non-hydrogen) atoms. The SMILES string of the molecule is O=C(CN1CCN(Cc2nc(-c3ccc(F)cc3)cs2)CC1)Nc1ccc(Cl)c(Cl)c1. The van der Waals surface area contributed by atoms with E-state index in [4.69, 9.17) is 23.2 Å². The minimum Gasteiger partial charge on any atom is -0.325 e. The molecule has 1 N–H and O–H groups in total. The van der Waals surface area contributed by atoms with E-state index in [1.807, 2.05) is 5.38 Å². The number of carbonyl (C=O) groups is 1. The molecule has 5 nitrogen and oxygen atoms in total. The molecule has 0 unspecified atom stereocenters. The summed E-state index contributed by atoms with van der Waals surface area (Å²) in [7, 11) is 0. The van der Waals surface area contributed by atoms with Gasteiger partial charge in [0, 0.05) is 42.8 Å². The Balaban J connectivity index is 1.24. The van der Waals surface area contributed by atoms with Crippen LogP contribution in [0.2, 0.25) is 10.0 Å². The van der Waals surface area contributed by atoms with Crippen LogP contribution in [0.15, 0.2) is 47.8 Å². The Morgan fingerprint density at radius 3 is 2.45 bits per heavy atom. The van der Waals surface area contributed by atoms with Gasteiger partial charge in [-0.05, 0) is 42.5 Å². The second-order valence-corrected chi connectivity index (χ2v) is 9.12. The van der Waals surface area contributed by atoms with Gasteiger partial charge in [0.05, 0.1) is 28.8 Å². The Bertz CT molecular complexity index is 1050. The number of nitrogens with zero attached hydrogens (tertiary/aromatic N) is 3. The highest BCUT2D eigenvalue weighted by atomic mass is 35.5. The number of aromatic nitrogens is 1. The third-order valence-corrected chi connectivity index (χ3v) is 6.66. The highest BCUT2D eigenvalue weighted by Crippen LogP contribution is 2.25. The molecule has 1 aliphatic heterocycles. The number of nitrogens with one attached hydrogen (secondary N) is 1. The van der Waals surface area contributed by atoms with E-state index in [9.17, 15) is 9.18 Å². The third kappa shape index (κ3) is 6.02. The molecule has 2 heterocycles. The van der Waals surface area contributed by atoms with Crippen LogP contribution in [0.5, 0.6) is 0 Å². The van der Waals surface area contributed by atoms with Crippen LogP contribution >= 0.6 is 34.5 Å². The molecule has 2 aromatic carbocycles. The highest BCUT2D eigenvalue weighted by Gasteiger charge is 2.20. The molecule has 162 valence electrons. The number of anilines is 1. The van der Waals surface area contributed by atoms with Crippen molar-refractivity contribution < 1.29 is 9.18 Å². The number of amides is 1. The van der Waals surface area contributed by atoms with Crippen LogP contribution in [0, 0.1) is 5.82 Å². The molecule has 0 spiro atoms. The second-order valence-electron chi connectivity index (χ2n) is 7.36. The van der Waals surface area contributed by atoms with Crippen LogP contribution in [-0.4, -0.2) is 53.4 Å². The van der Waals surface area contributed by atoms with E-state index in [0.717, 1.165) is 49.0 Å². The van der Waals surface area contributed by atoms with Crippen molar-refractivity contribution in [1.29, 1.82) is 0 Å². The zero-order valence-corrected chi connectivity index (χ0v) is 19.0. The summed E-state index contributed by atoms with van der Waals surface area (Å²) >= 11 is 13.5. The van der Waals surface area contributed by atoms with E-state index in [0.29, 0.717) is 22.3 Å². The normalized spacial score (nSPS) is 15.2. The van der Waals surface area contributed by atoms with Crippen LogP contribution < -0.4 is 5.32 Å². The molecule has 1 amide bonds. The van der Waals surface area contributed by atoms with Crippen LogP contribution in [-0.2, 0) is 11.3 Å². The van der Waals surface area contributed by atoms with Gasteiger partial charge in [-0.1, -0.05) is 23.2 Å². The molecule has 0 aliphatic carbocycles. The Morgan fingerprint density at radius 1 is 1.03 bits per heavy atom. The first-order valence-electron chi connectivity index (χ1n) is 9.86. The third-order valence-electron chi connectivity index (χ3n) is 5.09. The first-order valence-corrected chi connectivity index (χ1v) is 11.5. The zero-order chi connectivity index (χ0) is 21.8. The van der Waals surface area contributed by atoms with Crippen molar-refractivity contribution in [2.24, 2.45) is 0 Å². The molecule has 3 aromatic rings. The molecular formula is C22H21Cl2FN4OS. The molecule has 9 heteroatoms. The van der Waals surface area contributed by atoms with Crippen molar-refractivity contribution in [2.75, 3.05) is 38.0 Å². The van der Waals surface area contributed by atoms with Crippen LogP contribution in [0.4, 0.5) is 10.1 Å². The van der Waals surface area contributed by atoms with E-state index in [2.05, 4.69) is 20.1 Å². The lowest BCUT2D eigenvalue weighted by Crippen LogP contribution is -2.48. The zero-order valence-electron chi connectivity index (χ0n) is 16.7. The van der Waals surface area contributed by atoms with Crippen molar-refractivity contribution in [1.82, 2.24) is 14.8 Å². The molecule has 0 atom stereocenters. The topological polar surface area (TPSA) is 48.5 Å². The van der Waals surface area contributed by atoms with Crippen molar-refractivity contribution in [3.8, 4) is 11.3 Å². The lowest BCUT2D eigenvalue weighted by molar-refractivity contribution is -0.117. The smallest absolute Gasteiger partial charge is 0.238 e. The molecule has 0 radical (unpaired) electrons. The molecule has 0 bridgehead atoms. The number of carbonyl (C=O) groups excluding carboxylic acids is 1. The molecule has 1 aromatic heterocycles. The summed E-state index contributed by atoms with van der Waals surface area (Å²) in [5.41, 5.74) is 2.43. The van der Waals surface area contributed by atoms with Gasteiger partial charge in [0.2, 0.25) is 5.91 Å². The van der Waals surface area contributed by atoms with Crippen LogP contribution in [0.25, 0.3) is 11.3 Å². The van der Waals surface area contributed by atoms with Crippen molar-refractivity contribution in [3.05, 3.63) is 68.7 Å². The van der Waals surface area contributed by atoms with Crippen molar-refractivity contribution in [2.45, 2.75) is 6.54 Å². The van der Waals surface area contributed by atoms with E-state index < -0.39 is 0 Å².